The Balaban J connectivity index is 1.58. The number of ketones is 1. The molecule has 3 rings (SSSR count). The molecule has 0 amide bonds. The van der Waals surface area contributed by atoms with E-state index >= 15 is 0 Å². The number of carbonyl (C=O) groups excluding carboxylic acids is 1. The minimum absolute atomic E-state index is 0.143. The molecule has 0 fully saturated rings. The van der Waals surface area contributed by atoms with Crippen molar-refractivity contribution in [2.24, 2.45) is 0 Å². The quantitative estimate of drug-likeness (QED) is 0.547. The second-order valence-electron chi connectivity index (χ2n) is 6.07. The fourth-order valence-corrected chi connectivity index (χ4v) is 3.69. The predicted octanol–water partition coefficient (Wildman–Crippen LogP) is 2.96. The van der Waals surface area contributed by atoms with E-state index in [1.165, 1.54) is 12.4 Å². The molecule has 0 saturated heterocycles. The van der Waals surface area contributed by atoms with Gasteiger partial charge in [0.15, 0.2) is 5.78 Å². The largest absolute Gasteiger partial charge is 0.292 e. The molecule has 1 N–H and O–H groups in total. The number of aromatic nitrogens is 3. The van der Waals surface area contributed by atoms with Gasteiger partial charge in [0.1, 0.15) is 11.5 Å². The van der Waals surface area contributed by atoms with E-state index in [1.54, 1.807) is 12.4 Å². The fraction of sp³-hybridized carbons (Fsp3) is 0.158. The Kier molecular flexibility index (Phi) is 6.63. The Morgan fingerprint density at radius 2 is 1.86 bits per heavy atom. The lowest BCUT2D eigenvalue weighted by molar-refractivity contribution is 0.0977. The summed E-state index contributed by atoms with van der Waals surface area (Å²) in [5.41, 5.74) is 1.52. The molecule has 0 aliphatic carbocycles. The lowest BCUT2D eigenvalue weighted by Gasteiger charge is -2.07. The molecule has 0 unspecified atom stereocenters. The van der Waals surface area contributed by atoms with E-state index in [2.05, 4.69) is 19.7 Å². The molecule has 0 aliphatic rings. The standard InChI is InChI=1S/C19H16ClFN4O3S/c20-16-9-15(2-3-17(16)21)29(27,28)25-11-14-10-24-18(12-23-14)19(26)4-1-13-5-7-22-8-6-13/h2-3,5-10,12,25H,1,4,11H2. The van der Waals surface area contributed by atoms with Gasteiger partial charge in [-0.15, -0.1) is 0 Å². The van der Waals surface area contributed by atoms with Gasteiger partial charge in [-0.1, -0.05) is 11.6 Å². The summed E-state index contributed by atoms with van der Waals surface area (Å²) < 4.78 is 40.1. The highest BCUT2D eigenvalue weighted by Crippen LogP contribution is 2.19. The SMILES string of the molecule is O=C(CCc1ccncc1)c1cnc(CNS(=O)(=O)c2ccc(F)c(Cl)c2)cn1. The highest BCUT2D eigenvalue weighted by Gasteiger charge is 2.16. The van der Waals surface area contributed by atoms with Crippen LogP contribution in [0.15, 0.2) is 60.0 Å². The van der Waals surface area contributed by atoms with E-state index < -0.39 is 15.8 Å². The van der Waals surface area contributed by atoms with Crippen LogP contribution in [0.5, 0.6) is 0 Å². The topological polar surface area (TPSA) is 102 Å². The van der Waals surface area contributed by atoms with Gasteiger partial charge in [0, 0.05) is 18.8 Å². The Hall–Kier alpha value is -2.75. The second kappa shape index (κ2) is 9.17. The van der Waals surface area contributed by atoms with Crippen molar-refractivity contribution in [3.05, 3.63) is 82.9 Å². The average Bonchev–Trinajstić information content (AvgIpc) is 2.73. The minimum atomic E-state index is -3.90. The summed E-state index contributed by atoms with van der Waals surface area (Å²) in [5.74, 6) is -0.872. The number of halogens is 2. The summed E-state index contributed by atoms with van der Waals surface area (Å²) in [4.78, 5) is 24.1. The van der Waals surface area contributed by atoms with E-state index in [9.17, 15) is 17.6 Å². The molecule has 150 valence electrons. The molecule has 0 aliphatic heterocycles. The number of sulfonamides is 1. The number of rotatable bonds is 8. The maximum atomic E-state index is 13.2. The van der Waals surface area contributed by atoms with Crippen molar-refractivity contribution in [2.75, 3.05) is 0 Å². The van der Waals surface area contributed by atoms with E-state index in [-0.39, 0.29) is 34.4 Å². The summed E-state index contributed by atoms with van der Waals surface area (Å²) in [7, 11) is -3.90. The molecule has 29 heavy (non-hydrogen) atoms. The van der Waals surface area contributed by atoms with Crippen LogP contribution in [0.3, 0.4) is 0 Å². The summed E-state index contributed by atoms with van der Waals surface area (Å²) >= 11 is 5.62. The molecular weight excluding hydrogens is 419 g/mol. The number of carbonyl (C=O) groups is 1. The first-order valence-electron chi connectivity index (χ1n) is 8.53. The number of pyridine rings is 1. The van der Waals surface area contributed by atoms with E-state index in [4.69, 9.17) is 11.6 Å². The Morgan fingerprint density at radius 1 is 1.10 bits per heavy atom. The van der Waals surface area contributed by atoms with Crippen molar-refractivity contribution in [3.63, 3.8) is 0 Å². The van der Waals surface area contributed by atoms with E-state index in [0.717, 1.165) is 23.8 Å². The molecule has 0 saturated carbocycles. The van der Waals surface area contributed by atoms with Gasteiger partial charge in [0.2, 0.25) is 10.0 Å². The summed E-state index contributed by atoms with van der Waals surface area (Å²) in [5, 5.41) is -0.290. The van der Waals surface area contributed by atoms with Gasteiger partial charge in [0.05, 0.1) is 34.6 Å². The van der Waals surface area contributed by atoms with Gasteiger partial charge in [-0.3, -0.25) is 14.8 Å². The molecule has 3 aromatic rings. The number of Topliss-reactive ketones (excluding diaryl/α,β-unsaturated/α-hetero) is 1. The normalized spacial score (nSPS) is 11.4. The summed E-state index contributed by atoms with van der Waals surface area (Å²) in [6.07, 6.45) is 6.80. The third-order valence-electron chi connectivity index (χ3n) is 4.03. The van der Waals surface area contributed by atoms with E-state index in [1.807, 2.05) is 12.1 Å². The third kappa shape index (κ3) is 5.63. The lowest BCUT2D eigenvalue weighted by Crippen LogP contribution is -2.24. The second-order valence-corrected chi connectivity index (χ2v) is 8.25. The molecule has 0 bridgehead atoms. The number of hydrogen-bond donors (Lipinski definition) is 1. The number of nitrogens with zero attached hydrogens (tertiary/aromatic N) is 3. The van der Waals surface area contributed by atoms with Gasteiger partial charge in [-0.2, -0.15) is 0 Å². The van der Waals surface area contributed by atoms with Crippen LogP contribution < -0.4 is 4.72 Å². The maximum absolute atomic E-state index is 13.2. The summed E-state index contributed by atoms with van der Waals surface area (Å²) in [6.45, 7) is -0.143. The highest BCUT2D eigenvalue weighted by molar-refractivity contribution is 7.89. The van der Waals surface area contributed by atoms with Gasteiger partial charge in [0.25, 0.3) is 0 Å². The average molecular weight is 435 g/mol. The zero-order valence-corrected chi connectivity index (χ0v) is 16.6. The van der Waals surface area contributed by atoms with Crippen LogP contribution in [-0.4, -0.2) is 29.2 Å². The molecule has 1 aromatic carbocycles. The minimum Gasteiger partial charge on any atom is -0.292 e. The zero-order valence-electron chi connectivity index (χ0n) is 15.0. The molecule has 0 atom stereocenters. The smallest absolute Gasteiger partial charge is 0.240 e. The zero-order chi connectivity index (χ0) is 20.9. The Bertz CT molecular complexity index is 1110. The maximum Gasteiger partial charge on any atom is 0.240 e. The molecule has 10 heteroatoms. The summed E-state index contributed by atoms with van der Waals surface area (Å²) in [6, 6.07) is 6.78. The first-order valence-corrected chi connectivity index (χ1v) is 10.4. The van der Waals surface area contributed by atoms with E-state index in [0.29, 0.717) is 12.1 Å². The first kappa shape index (κ1) is 21.0. The fourth-order valence-electron chi connectivity index (χ4n) is 2.42. The number of aryl methyl sites for hydroxylation is 1. The number of nitrogens with one attached hydrogen (secondary N) is 1. The predicted molar refractivity (Wildman–Crippen MR) is 104 cm³/mol. The van der Waals surface area contributed by atoms with Crippen LogP contribution in [0.2, 0.25) is 5.02 Å². The molecule has 0 spiro atoms. The van der Waals surface area contributed by atoms with Crippen molar-refractivity contribution in [3.8, 4) is 0 Å². The van der Waals surface area contributed by atoms with Gasteiger partial charge < -0.3 is 0 Å². The third-order valence-corrected chi connectivity index (χ3v) is 5.71. The number of benzene rings is 1. The first-order chi connectivity index (χ1) is 13.8. The molecule has 0 radical (unpaired) electrons. The molecular formula is C19H16ClFN4O3S. The van der Waals surface area contributed by atoms with Crippen molar-refractivity contribution in [2.45, 2.75) is 24.3 Å². The van der Waals surface area contributed by atoms with Crippen LogP contribution >= 0.6 is 11.6 Å². The van der Waals surface area contributed by atoms with Gasteiger partial charge in [-0.25, -0.2) is 22.5 Å². The van der Waals surface area contributed by atoms with Crippen LogP contribution in [0.4, 0.5) is 4.39 Å². The van der Waals surface area contributed by atoms with Crippen LogP contribution in [0.1, 0.15) is 28.2 Å². The Morgan fingerprint density at radius 3 is 2.52 bits per heavy atom. The Labute approximate surface area is 172 Å². The van der Waals surface area contributed by atoms with Gasteiger partial charge >= 0.3 is 0 Å². The van der Waals surface area contributed by atoms with Crippen LogP contribution in [-0.2, 0) is 23.0 Å². The number of hydrogen-bond acceptors (Lipinski definition) is 6. The lowest BCUT2D eigenvalue weighted by atomic mass is 10.1. The molecule has 2 aromatic heterocycles. The monoisotopic (exact) mass is 434 g/mol. The van der Waals surface area contributed by atoms with Crippen LogP contribution in [0, 0.1) is 5.82 Å². The van der Waals surface area contributed by atoms with Crippen molar-refractivity contribution >= 4 is 27.4 Å². The van der Waals surface area contributed by atoms with Crippen molar-refractivity contribution < 1.29 is 17.6 Å². The van der Waals surface area contributed by atoms with Crippen molar-refractivity contribution in [1.82, 2.24) is 19.7 Å². The van der Waals surface area contributed by atoms with Crippen LogP contribution in [0.25, 0.3) is 0 Å². The molecule has 7 nitrogen and oxygen atoms in total. The van der Waals surface area contributed by atoms with Crippen molar-refractivity contribution in [1.29, 1.82) is 0 Å². The van der Waals surface area contributed by atoms with Gasteiger partial charge in [-0.05, 0) is 42.3 Å². The highest BCUT2D eigenvalue weighted by atomic mass is 35.5. The molecule has 2 heterocycles.